The first-order valence-electron chi connectivity index (χ1n) is 11.1. The maximum absolute atomic E-state index is 6.15. The zero-order valence-electron chi connectivity index (χ0n) is 18.3. The normalized spacial score (nSPS) is 20.4. The number of nitrogens with one attached hydrogen (secondary N) is 1. The Bertz CT molecular complexity index is 800. The van der Waals surface area contributed by atoms with Crippen LogP contribution in [0.1, 0.15) is 37.7 Å². The number of nitrogens with zero attached hydrogens (tertiary/aromatic N) is 4. The molecule has 170 valence electrons. The van der Waals surface area contributed by atoms with Crippen molar-refractivity contribution in [2.24, 2.45) is 4.99 Å². The van der Waals surface area contributed by atoms with Crippen molar-refractivity contribution in [3.63, 3.8) is 0 Å². The fourth-order valence-electron chi connectivity index (χ4n) is 4.22. The van der Waals surface area contributed by atoms with Crippen LogP contribution in [0.3, 0.4) is 0 Å². The molecule has 1 unspecified atom stereocenters. The van der Waals surface area contributed by atoms with Crippen LogP contribution in [0.15, 0.2) is 47.7 Å². The van der Waals surface area contributed by atoms with Crippen LogP contribution in [0.5, 0.6) is 0 Å². The van der Waals surface area contributed by atoms with Gasteiger partial charge in [-0.2, -0.15) is 5.10 Å². The van der Waals surface area contributed by atoms with Gasteiger partial charge in [-0.25, -0.2) is 4.68 Å². The van der Waals surface area contributed by atoms with Gasteiger partial charge in [0.25, 0.3) is 0 Å². The number of aromatic nitrogens is 2. The van der Waals surface area contributed by atoms with E-state index in [0.717, 1.165) is 57.2 Å². The number of benzene rings is 1. The molecule has 2 aromatic rings. The van der Waals surface area contributed by atoms with E-state index in [-0.39, 0.29) is 24.0 Å². The number of aliphatic imine (C=N–C) groups is 1. The molecule has 0 aliphatic carbocycles. The summed E-state index contributed by atoms with van der Waals surface area (Å²) in [6, 6.07) is 10.3. The third kappa shape index (κ3) is 6.66. The highest BCUT2D eigenvalue weighted by Crippen LogP contribution is 2.18. The second-order valence-corrected chi connectivity index (χ2v) is 7.99. The smallest absolute Gasteiger partial charge is 0.193 e. The first kappa shape index (κ1) is 24.0. The van der Waals surface area contributed by atoms with E-state index in [2.05, 4.69) is 38.5 Å². The number of para-hydroxylation sites is 1. The Morgan fingerprint density at radius 2 is 2.03 bits per heavy atom. The highest BCUT2D eigenvalue weighted by Gasteiger charge is 2.23. The van der Waals surface area contributed by atoms with E-state index in [1.807, 2.05) is 30.1 Å². The van der Waals surface area contributed by atoms with Crippen molar-refractivity contribution in [3.05, 3.63) is 48.3 Å². The molecular formula is C23H34IN5O2. The summed E-state index contributed by atoms with van der Waals surface area (Å²) in [6.45, 7) is 4.24. The van der Waals surface area contributed by atoms with Crippen LogP contribution in [0.25, 0.3) is 5.69 Å². The van der Waals surface area contributed by atoms with Gasteiger partial charge in [0.1, 0.15) is 0 Å². The minimum Gasteiger partial charge on any atom is -0.376 e. The topological polar surface area (TPSA) is 63.9 Å². The molecule has 8 heteroatoms. The number of rotatable bonds is 6. The molecule has 4 rings (SSSR count). The largest absolute Gasteiger partial charge is 0.376 e. The van der Waals surface area contributed by atoms with Crippen molar-refractivity contribution >= 4 is 29.9 Å². The van der Waals surface area contributed by atoms with Gasteiger partial charge in [-0.1, -0.05) is 18.2 Å². The predicted octanol–water partition coefficient (Wildman–Crippen LogP) is 3.62. The van der Waals surface area contributed by atoms with Crippen molar-refractivity contribution in [2.75, 3.05) is 33.4 Å². The molecule has 0 bridgehead atoms. The number of hydrogen-bond donors (Lipinski definition) is 1. The van der Waals surface area contributed by atoms with Gasteiger partial charge in [-0.15, -0.1) is 24.0 Å². The Morgan fingerprint density at radius 1 is 1.19 bits per heavy atom. The Hall–Kier alpha value is -1.65. The highest BCUT2D eigenvalue weighted by atomic mass is 127. The van der Waals surface area contributed by atoms with E-state index in [9.17, 15) is 0 Å². The molecule has 0 spiro atoms. The molecule has 2 fully saturated rings. The lowest BCUT2D eigenvalue weighted by molar-refractivity contribution is -0.0721. The van der Waals surface area contributed by atoms with Gasteiger partial charge in [0.05, 0.1) is 24.5 Å². The average Bonchev–Trinajstić information content (AvgIpc) is 3.35. The molecule has 2 saturated heterocycles. The van der Waals surface area contributed by atoms with Crippen molar-refractivity contribution in [3.8, 4) is 5.69 Å². The number of piperidine rings is 1. The van der Waals surface area contributed by atoms with Crippen LogP contribution in [0.4, 0.5) is 0 Å². The van der Waals surface area contributed by atoms with Gasteiger partial charge in [-0.3, -0.25) is 4.99 Å². The Labute approximate surface area is 202 Å². The number of likely N-dealkylation sites (tertiary alicyclic amines) is 1. The first-order chi connectivity index (χ1) is 14.8. The molecule has 2 aliphatic heterocycles. The lowest BCUT2D eigenvalue weighted by atomic mass is 10.1. The van der Waals surface area contributed by atoms with E-state index < -0.39 is 0 Å². The minimum absolute atomic E-state index is 0. The Morgan fingerprint density at radius 3 is 2.74 bits per heavy atom. The Balaban J connectivity index is 0.00000272. The number of guanidine groups is 1. The summed E-state index contributed by atoms with van der Waals surface area (Å²) >= 11 is 0. The number of halogens is 1. The van der Waals surface area contributed by atoms with E-state index in [4.69, 9.17) is 9.47 Å². The zero-order valence-corrected chi connectivity index (χ0v) is 20.6. The van der Waals surface area contributed by atoms with Gasteiger partial charge in [0.2, 0.25) is 0 Å². The molecule has 3 heterocycles. The number of ether oxygens (including phenoxy) is 2. The summed E-state index contributed by atoms with van der Waals surface area (Å²) in [5, 5.41) is 7.90. The summed E-state index contributed by atoms with van der Waals surface area (Å²) in [6.07, 6.45) is 10.0. The summed E-state index contributed by atoms with van der Waals surface area (Å²) in [5.74, 6) is 0.944. The molecule has 1 aromatic carbocycles. The maximum Gasteiger partial charge on any atom is 0.193 e. The molecule has 0 saturated carbocycles. The van der Waals surface area contributed by atoms with Crippen LogP contribution in [-0.4, -0.2) is 66.2 Å². The van der Waals surface area contributed by atoms with Gasteiger partial charge < -0.3 is 19.7 Å². The molecule has 0 amide bonds. The molecule has 31 heavy (non-hydrogen) atoms. The van der Waals surface area contributed by atoms with Crippen molar-refractivity contribution < 1.29 is 9.47 Å². The van der Waals surface area contributed by atoms with E-state index in [1.165, 1.54) is 18.4 Å². The van der Waals surface area contributed by atoms with E-state index in [1.54, 1.807) is 6.20 Å². The fraction of sp³-hybridized carbons (Fsp3) is 0.565. The summed E-state index contributed by atoms with van der Waals surface area (Å²) < 4.78 is 13.8. The molecule has 1 atom stereocenters. The van der Waals surface area contributed by atoms with Crippen LogP contribution >= 0.6 is 24.0 Å². The molecule has 1 aromatic heterocycles. The molecule has 1 N–H and O–H groups in total. The summed E-state index contributed by atoms with van der Waals surface area (Å²) in [4.78, 5) is 6.84. The third-order valence-electron chi connectivity index (χ3n) is 5.92. The maximum atomic E-state index is 6.15. The van der Waals surface area contributed by atoms with Crippen LogP contribution < -0.4 is 5.32 Å². The molecule has 0 radical (unpaired) electrons. The molecule has 2 aliphatic rings. The Kier molecular flexibility index (Phi) is 9.60. The average molecular weight is 539 g/mol. The highest BCUT2D eigenvalue weighted by molar-refractivity contribution is 14.0. The molecular weight excluding hydrogens is 505 g/mol. The summed E-state index contributed by atoms with van der Waals surface area (Å²) in [7, 11) is 1.85. The zero-order chi connectivity index (χ0) is 20.6. The SMILES string of the molecule is CN=C(NCc1ccccc1-n1cccn1)N1CCC(OCC2CCCCO2)CC1.I. The second kappa shape index (κ2) is 12.4. The monoisotopic (exact) mass is 539 g/mol. The second-order valence-electron chi connectivity index (χ2n) is 7.99. The van der Waals surface area contributed by atoms with Crippen LogP contribution in [0.2, 0.25) is 0 Å². The lowest BCUT2D eigenvalue weighted by Gasteiger charge is -2.35. The first-order valence-corrected chi connectivity index (χ1v) is 11.1. The quantitative estimate of drug-likeness (QED) is 0.345. The van der Waals surface area contributed by atoms with Gasteiger partial charge in [0.15, 0.2) is 5.96 Å². The number of hydrogen-bond acceptors (Lipinski definition) is 4. The van der Waals surface area contributed by atoms with Gasteiger partial charge in [-0.05, 0) is 49.8 Å². The van der Waals surface area contributed by atoms with Crippen LogP contribution in [-0.2, 0) is 16.0 Å². The lowest BCUT2D eigenvalue weighted by Crippen LogP contribution is -2.47. The molecule has 7 nitrogen and oxygen atoms in total. The third-order valence-corrected chi connectivity index (χ3v) is 5.92. The summed E-state index contributed by atoms with van der Waals surface area (Å²) in [5.41, 5.74) is 2.27. The van der Waals surface area contributed by atoms with Gasteiger partial charge in [0, 0.05) is 45.7 Å². The fourth-order valence-corrected chi connectivity index (χ4v) is 4.22. The van der Waals surface area contributed by atoms with Crippen molar-refractivity contribution in [1.82, 2.24) is 20.0 Å². The minimum atomic E-state index is 0. The van der Waals surface area contributed by atoms with Crippen molar-refractivity contribution in [1.29, 1.82) is 0 Å². The van der Waals surface area contributed by atoms with E-state index in [0.29, 0.717) is 18.8 Å². The van der Waals surface area contributed by atoms with E-state index >= 15 is 0 Å². The predicted molar refractivity (Wildman–Crippen MR) is 133 cm³/mol. The van der Waals surface area contributed by atoms with Crippen LogP contribution in [0, 0.1) is 0 Å². The van der Waals surface area contributed by atoms with Crippen molar-refractivity contribution in [2.45, 2.75) is 50.9 Å². The van der Waals surface area contributed by atoms with Gasteiger partial charge >= 0.3 is 0 Å². The standard InChI is InChI=1S/C23H33N5O2.HI/c1-24-23(25-17-19-7-2-3-9-22(19)28-13-6-12-26-28)27-14-10-20(11-15-27)30-18-21-8-4-5-16-29-21;/h2-3,6-7,9,12-13,20-21H,4-5,8,10-11,14-18H2,1H3,(H,24,25);1H.